The first kappa shape index (κ1) is 18.7. The van der Waals surface area contributed by atoms with Crippen molar-refractivity contribution in [1.29, 1.82) is 0 Å². The van der Waals surface area contributed by atoms with Gasteiger partial charge in [0.1, 0.15) is 5.75 Å². The molecule has 0 atom stereocenters. The normalized spacial score (nSPS) is 14.1. The molecule has 0 spiro atoms. The number of nitrogens with zero attached hydrogens (tertiary/aromatic N) is 4. The van der Waals surface area contributed by atoms with E-state index in [0.717, 1.165) is 36.5 Å². The van der Waals surface area contributed by atoms with E-state index in [1.807, 2.05) is 30.3 Å². The Labute approximate surface area is 168 Å². The number of nitrogens with one attached hydrogen (secondary N) is 1. The molecule has 1 aliphatic rings. The zero-order chi connectivity index (χ0) is 20.2. The minimum atomic E-state index is -0.426. The highest BCUT2D eigenvalue weighted by Gasteiger charge is 2.18. The summed E-state index contributed by atoms with van der Waals surface area (Å²) >= 11 is 0. The molecule has 0 unspecified atom stereocenters. The molecule has 2 aromatic heterocycles. The molecule has 0 aliphatic carbocycles. The Bertz CT molecular complexity index is 1040. The number of pyridine rings is 1. The van der Waals surface area contributed by atoms with Gasteiger partial charge in [0.25, 0.3) is 5.91 Å². The molecule has 1 aromatic carbocycles. The van der Waals surface area contributed by atoms with Gasteiger partial charge in [-0.3, -0.25) is 9.78 Å². The average molecular weight is 390 g/mol. The van der Waals surface area contributed by atoms with Gasteiger partial charge in [-0.2, -0.15) is 0 Å². The van der Waals surface area contributed by atoms with Crippen LogP contribution in [0.15, 0.2) is 48.9 Å². The van der Waals surface area contributed by atoms with E-state index in [2.05, 4.69) is 32.1 Å². The summed E-state index contributed by atoms with van der Waals surface area (Å²) in [5.41, 5.74) is 8.86. The van der Waals surface area contributed by atoms with Crippen LogP contribution in [0.2, 0.25) is 0 Å². The molecule has 148 valence electrons. The van der Waals surface area contributed by atoms with Crippen molar-refractivity contribution in [2.24, 2.45) is 0 Å². The van der Waals surface area contributed by atoms with Crippen LogP contribution in [-0.4, -0.2) is 40.6 Å². The summed E-state index contributed by atoms with van der Waals surface area (Å²) in [6, 6.07) is 9.45. The van der Waals surface area contributed by atoms with Crippen LogP contribution >= 0.6 is 0 Å². The van der Waals surface area contributed by atoms with Crippen molar-refractivity contribution >= 4 is 23.1 Å². The van der Waals surface area contributed by atoms with Crippen molar-refractivity contribution in [1.82, 2.24) is 15.0 Å². The quantitative estimate of drug-likeness (QED) is 0.658. The van der Waals surface area contributed by atoms with E-state index in [1.54, 1.807) is 18.6 Å². The average Bonchev–Trinajstić information content (AvgIpc) is 2.74. The summed E-state index contributed by atoms with van der Waals surface area (Å²) in [6.07, 6.45) is 5.71. The van der Waals surface area contributed by atoms with Gasteiger partial charge < -0.3 is 20.7 Å². The first-order valence-electron chi connectivity index (χ1n) is 9.51. The smallest absolute Gasteiger partial charge is 0.278 e. The van der Waals surface area contributed by atoms with Gasteiger partial charge in [-0.05, 0) is 31.5 Å². The van der Waals surface area contributed by atoms with E-state index in [0.29, 0.717) is 18.0 Å². The van der Waals surface area contributed by atoms with E-state index in [-0.39, 0.29) is 11.5 Å². The third-order valence-electron chi connectivity index (χ3n) is 4.76. The molecule has 3 heterocycles. The van der Waals surface area contributed by atoms with Crippen LogP contribution in [0.3, 0.4) is 0 Å². The second-order valence-corrected chi connectivity index (χ2v) is 6.65. The molecule has 3 aromatic rings. The fourth-order valence-corrected chi connectivity index (χ4v) is 3.28. The van der Waals surface area contributed by atoms with Gasteiger partial charge in [-0.25, -0.2) is 9.97 Å². The van der Waals surface area contributed by atoms with E-state index in [9.17, 15) is 4.79 Å². The Hall–Kier alpha value is -3.68. The van der Waals surface area contributed by atoms with Gasteiger partial charge in [0.2, 0.25) is 0 Å². The standard InChI is InChI=1S/C21H22N6O2/c1-2-27-9-4-10-29-15-6-3-5-14(11-15)16-13-24-20(22)19(25-16)21(28)26-17-12-23-8-7-18(17)27/h3,5-8,11-13H,2,4,9-10H2,1H3,(H2,22,24)(H,26,28). The van der Waals surface area contributed by atoms with Gasteiger partial charge in [-0.1, -0.05) is 12.1 Å². The number of carbonyl (C=O) groups is 1. The Kier molecular flexibility index (Phi) is 5.24. The van der Waals surface area contributed by atoms with Crippen LogP contribution in [0.25, 0.3) is 11.3 Å². The van der Waals surface area contributed by atoms with Crippen molar-refractivity contribution in [2.75, 3.05) is 35.6 Å². The molecule has 0 saturated heterocycles. The molecule has 0 radical (unpaired) electrons. The molecule has 4 bridgehead atoms. The van der Waals surface area contributed by atoms with Crippen LogP contribution < -0.4 is 20.7 Å². The largest absolute Gasteiger partial charge is 0.494 e. The Morgan fingerprint density at radius 2 is 2.17 bits per heavy atom. The number of carbonyl (C=O) groups excluding carboxylic acids is 1. The number of aromatic nitrogens is 3. The molecule has 1 aliphatic heterocycles. The molecule has 29 heavy (non-hydrogen) atoms. The van der Waals surface area contributed by atoms with Crippen LogP contribution in [-0.2, 0) is 0 Å². The zero-order valence-corrected chi connectivity index (χ0v) is 16.1. The molecular weight excluding hydrogens is 368 g/mol. The van der Waals surface area contributed by atoms with Crippen molar-refractivity contribution in [3.63, 3.8) is 0 Å². The lowest BCUT2D eigenvalue weighted by Crippen LogP contribution is -2.27. The number of fused-ring (bicyclic) bond motifs is 6. The number of rotatable bonds is 1. The van der Waals surface area contributed by atoms with E-state index >= 15 is 0 Å². The molecule has 4 rings (SSSR count). The molecule has 1 amide bonds. The Morgan fingerprint density at radius 3 is 3.03 bits per heavy atom. The fraction of sp³-hybridized carbons (Fsp3) is 0.238. The lowest BCUT2D eigenvalue weighted by molar-refractivity contribution is 0.102. The maximum absolute atomic E-state index is 13.0. The van der Waals surface area contributed by atoms with Crippen molar-refractivity contribution in [3.05, 3.63) is 54.6 Å². The minimum Gasteiger partial charge on any atom is -0.494 e. The first-order valence-corrected chi connectivity index (χ1v) is 9.51. The molecule has 3 N–H and O–H groups in total. The monoisotopic (exact) mass is 390 g/mol. The SMILES string of the molecule is CCN1CCCOc2cccc(c2)-c2cnc(N)c(n2)C(=O)Nc2cnccc21. The van der Waals surface area contributed by atoms with Crippen molar-refractivity contribution < 1.29 is 9.53 Å². The second kappa shape index (κ2) is 8.14. The number of benzene rings is 1. The maximum Gasteiger partial charge on any atom is 0.278 e. The summed E-state index contributed by atoms with van der Waals surface area (Å²) in [4.78, 5) is 27.9. The number of nitrogens with two attached hydrogens (primary N) is 1. The second-order valence-electron chi connectivity index (χ2n) is 6.65. The predicted molar refractivity (Wildman–Crippen MR) is 112 cm³/mol. The molecular formula is C21H22N6O2. The van der Waals surface area contributed by atoms with Crippen LogP contribution in [0.4, 0.5) is 17.2 Å². The van der Waals surface area contributed by atoms with Gasteiger partial charge in [-0.15, -0.1) is 0 Å². The highest BCUT2D eigenvalue weighted by molar-refractivity contribution is 6.07. The molecule has 8 heteroatoms. The first-order chi connectivity index (χ1) is 14.2. The number of hydrogen-bond acceptors (Lipinski definition) is 7. The molecule has 0 saturated carbocycles. The van der Waals surface area contributed by atoms with E-state index in [4.69, 9.17) is 10.5 Å². The minimum absolute atomic E-state index is 0.0701. The van der Waals surface area contributed by atoms with Crippen molar-refractivity contribution in [3.8, 4) is 17.0 Å². The van der Waals surface area contributed by atoms with Gasteiger partial charge in [0, 0.05) is 24.8 Å². The fourth-order valence-electron chi connectivity index (χ4n) is 3.28. The van der Waals surface area contributed by atoms with Crippen molar-refractivity contribution in [2.45, 2.75) is 13.3 Å². The lowest BCUT2D eigenvalue weighted by atomic mass is 10.1. The van der Waals surface area contributed by atoms with Crippen LogP contribution in [0.1, 0.15) is 23.8 Å². The topological polar surface area (TPSA) is 106 Å². The number of amides is 1. The van der Waals surface area contributed by atoms with Gasteiger partial charge in [0.15, 0.2) is 11.5 Å². The third-order valence-corrected chi connectivity index (χ3v) is 4.76. The Balaban J connectivity index is 1.80. The van der Waals surface area contributed by atoms with Gasteiger partial charge in [0.05, 0.1) is 36.1 Å². The van der Waals surface area contributed by atoms with Gasteiger partial charge >= 0.3 is 0 Å². The van der Waals surface area contributed by atoms with E-state index in [1.165, 1.54) is 0 Å². The van der Waals surface area contributed by atoms with E-state index < -0.39 is 5.91 Å². The predicted octanol–water partition coefficient (Wildman–Crippen LogP) is 2.98. The highest BCUT2D eigenvalue weighted by Crippen LogP contribution is 2.27. The zero-order valence-electron chi connectivity index (χ0n) is 16.1. The summed E-state index contributed by atoms with van der Waals surface area (Å²) in [5.74, 6) is 0.389. The summed E-state index contributed by atoms with van der Waals surface area (Å²) in [6.45, 7) is 4.20. The third kappa shape index (κ3) is 3.96. The number of nitrogen functional groups attached to an aromatic ring is 1. The lowest BCUT2D eigenvalue weighted by Gasteiger charge is -2.25. The Morgan fingerprint density at radius 1 is 1.28 bits per heavy atom. The molecule has 8 nitrogen and oxygen atoms in total. The summed E-state index contributed by atoms with van der Waals surface area (Å²) in [7, 11) is 0. The maximum atomic E-state index is 13.0. The number of hydrogen-bond donors (Lipinski definition) is 2. The van der Waals surface area contributed by atoms with Crippen LogP contribution in [0, 0.1) is 0 Å². The molecule has 0 fully saturated rings. The number of ether oxygens (including phenoxy) is 1. The summed E-state index contributed by atoms with van der Waals surface area (Å²) < 4.78 is 5.93. The number of anilines is 3. The summed E-state index contributed by atoms with van der Waals surface area (Å²) in [5, 5.41) is 2.89. The highest BCUT2D eigenvalue weighted by atomic mass is 16.5. The van der Waals surface area contributed by atoms with Crippen LogP contribution in [0.5, 0.6) is 5.75 Å².